The van der Waals surface area contributed by atoms with Crippen molar-refractivity contribution in [3.63, 3.8) is 0 Å². The monoisotopic (exact) mass is 341 g/mol. The van der Waals surface area contributed by atoms with Gasteiger partial charge < -0.3 is 10.1 Å². The Morgan fingerprint density at radius 2 is 1.86 bits per heavy atom. The number of benzene rings is 2. The number of halogens is 1. The molecule has 0 spiro atoms. The number of nitrogens with zero attached hydrogens (tertiary/aromatic N) is 2. The molecule has 5 heteroatoms. The Balaban J connectivity index is 2.18. The maximum Gasteiger partial charge on any atom is 0.136 e. The van der Waals surface area contributed by atoms with Crippen LogP contribution in [0.15, 0.2) is 40.9 Å². The molecule has 1 N–H and O–H groups in total. The van der Waals surface area contributed by atoms with Gasteiger partial charge in [-0.1, -0.05) is 22.0 Å². The van der Waals surface area contributed by atoms with Gasteiger partial charge in [0, 0.05) is 11.0 Å². The summed E-state index contributed by atoms with van der Waals surface area (Å²) in [5.74, 6) is 0.549. The summed E-state index contributed by atoms with van der Waals surface area (Å²) in [6.07, 6.45) is 0. The number of rotatable bonds is 4. The molecule has 0 saturated carbocycles. The van der Waals surface area contributed by atoms with Gasteiger partial charge in [0.25, 0.3) is 0 Å². The quantitative estimate of drug-likeness (QED) is 0.917. The zero-order chi connectivity index (χ0) is 15.2. The van der Waals surface area contributed by atoms with E-state index in [9.17, 15) is 0 Å². The molecule has 0 radical (unpaired) electrons. The van der Waals surface area contributed by atoms with Crippen LogP contribution in [-0.4, -0.2) is 7.11 Å². The fourth-order valence-corrected chi connectivity index (χ4v) is 2.26. The van der Waals surface area contributed by atoms with E-state index in [1.807, 2.05) is 24.3 Å². The van der Waals surface area contributed by atoms with Crippen LogP contribution in [0.4, 0.5) is 5.69 Å². The molecule has 21 heavy (non-hydrogen) atoms. The second kappa shape index (κ2) is 6.78. The van der Waals surface area contributed by atoms with E-state index in [2.05, 4.69) is 33.4 Å². The minimum absolute atomic E-state index is 0.502. The van der Waals surface area contributed by atoms with Crippen molar-refractivity contribution in [2.45, 2.75) is 6.54 Å². The first-order valence-corrected chi connectivity index (χ1v) is 6.97. The van der Waals surface area contributed by atoms with Crippen molar-refractivity contribution >= 4 is 21.6 Å². The molecule has 0 saturated heterocycles. The van der Waals surface area contributed by atoms with Gasteiger partial charge in [-0.2, -0.15) is 10.5 Å². The summed E-state index contributed by atoms with van der Waals surface area (Å²) in [5, 5.41) is 21.3. The second-order valence-corrected chi connectivity index (χ2v) is 5.22. The highest BCUT2D eigenvalue weighted by Crippen LogP contribution is 2.23. The molecule has 0 aliphatic rings. The summed E-state index contributed by atoms with van der Waals surface area (Å²) in [7, 11) is 1.54. The highest BCUT2D eigenvalue weighted by molar-refractivity contribution is 9.10. The largest absolute Gasteiger partial charge is 0.495 e. The number of nitrogens with one attached hydrogen (secondary N) is 1. The molecule has 0 atom stereocenters. The third-order valence-electron chi connectivity index (χ3n) is 2.97. The Kier molecular flexibility index (Phi) is 4.81. The Morgan fingerprint density at radius 3 is 2.52 bits per heavy atom. The molecular weight excluding hydrogens is 330 g/mol. The van der Waals surface area contributed by atoms with Gasteiger partial charge in [0.05, 0.1) is 23.9 Å². The molecule has 2 aromatic carbocycles. The van der Waals surface area contributed by atoms with Gasteiger partial charge in [-0.3, -0.25) is 0 Å². The van der Waals surface area contributed by atoms with Crippen LogP contribution in [0, 0.1) is 22.7 Å². The van der Waals surface area contributed by atoms with Crippen LogP contribution in [0.25, 0.3) is 0 Å². The van der Waals surface area contributed by atoms with Gasteiger partial charge in [0.1, 0.15) is 17.9 Å². The summed E-state index contributed by atoms with van der Waals surface area (Å²) < 4.78 is 6.05. The van der Waals surface area contributed by atoms with Crippen LogP contribution in [0.1, 0.15) is 16.7 Å². The van der Waals surface area contributed by atoms with Crippen molar-refractivity contribution in [2.75, 3.05) is 12.4 Å². The van der Waals surface area contributed by atoms with Crippen LogP contribution in [-0.2, 0) is 6.54 Å². The SMILES string of the molecule is COc1cc(CNc2ccc(Br)cc2C#N)ccc1C#N. The summed E-state index contributed by atoms with van der Waals surface area (Å²) in [4.78, 5) is 0. The van der Waals surface area contributed by atoms with Gasteiger partial charge in [0.15, 0.2) is 0 Å². The van der Waals surface area contributed by atoms with Crippen LogP contribution in [0.2, 0.25) is 0 Å². The lowest BCUT2D eigenvalue weighted by molar-refractivity contribution is 0.413. The number of hydrogen-bond donors (Lipinski definition) is 1. The van der Waals surface area contributed by atoms with E-state index >= 15 is 0 Å². The Bertz CT molecular complexity index is 744. The molecule has 0 aliphatic heterocycles. The van der Waals surface area contributed by atoms with E-state index in [4.69, 9.17) is 15.3 Å². The molecular formula is C16H12BrN3O. The van der Waals surface area contributed by atoms with Crippen LogP contribution in [0.3, 0.4) is 0 Å². The van der Waals surface area contributed by atoms with Crippen molar-refractivity contribution < 1.29 is 4.74 Å². The molecule has 0 heterocycles. The highest BCUT2D eigenvalue weighted by Gasteiger charge is 2.05. The first-order valence-electron chi connectivity index (χ1n) is 6.18. The number of hydrogen-bond acceptors (Lipinski definition) is 4. The van der Waals surface area contributed by atoms with Crippen molar-refractivity contribution in [2.24, 2.45) is 0 Å². The van der Waals surface area contributed by atoms with Gasteiger partial charge in [0.2, 0.25) is 0 Å². The molecule has 0 fully saturated rings. The van der Waals surface area contributed by atoms with Gasteiger partial charge in [-0.15, -0.1) is 0 Å². The van der Waals surface area contributed by atoms with Gasteiger partial charge >= 0.3 is 0 Å². The fourth-order valence-electron chi connectivity index (χ4n) is 1.90. The van der Waals surface area contributed by atoms with Crippen LogP contribution < -0.4 is 10.1 Å². The van der Waals surface area contributed by atoms with Gasteiger partial charge in [-0.25, -0.2) is 0 Å². The first-order chi connectivity index (χ1) is 10.2. The number of nitriles is 2. The fraction of sp³-hybridized carbons (Fsp3) is 0.125. The molecule has 2 aromatic rings. The van der Waals surface area contributed by atoms with Crippen LogP contribution in [0.5, 0.6) is 5.75 Å². The third-order valence-corrected chi connectivity index (χ3v) is 3.46. The maximum atomic E-state index is 9.12. The Labute approximate surface area is 131 Å². The summed E-state index contributed by atoms with van der Waals surface area (Å²) >= 11 is 3.34. The molecule has 0 bridgehead atoms. The lowest BCUT2D eigenvalue weighted by atomic mass is 10.1. The van der Waals surface area contributed by atoms with Crippen molar-refractivity contribution in [3.8, 4) is 17.9 Å². The zero-order valence-electron chi connectivity index (χ0n) is 11.4. The van der Waals surface area contributed by atoms with Gasteiger partial charge in [-0.05, 0) is 35.9 Å². The smallest absolute Gasteiger partial charge is 0.136 e. The topological polar surface area (TPSA) is 68.8 Å². The lowest BCUT2D eigenvalue weighted by Crippen LogP contribution is -2.02. The molecule has 0 aromatic heterocycles. The van der Waals surface area contributed by atoms with Crippen molar-refractivity contribution in [1.82, 2.24) is 0 Å². The van der Waals surface area contributed by atoms with E-state index in [1.54, 1.807) is 12.1 Å². The number of anilines is 1. The average Bonchev–Trinajstić information content (AvgIpc) is 2.53. The van der Waals surface area contributed by atoms with E-state index in [0.717, 1.165) is 15.7 Å². The van der Waals surface area contributed by atoms with Crippen LogP contribution >= 0.6 is 15.9 Å². The van der Waals surface area contributed by atoms with Crippen molar-refractivity contribution in [3.05, 3.63) is 57.6 Å². The predicted molar refractivity (Wildman–Crippen MR) is 83.9 cm³/mol. The normalized spacial score (nSPS) is 9.52. The minimum atomic E-state index is 0.502. The molecule has 0 unspecified atom stereocenters. The zero-order valence-corrected chi connectivity index (χ0v) is 12.9. The molecule has 104 valence electrons. The Hall–Kier alpha value is -2.50. The molecule has 2 rings (SSSR count). The standard InChI is InChI=1S/C16H12BrN3O/c1-21-16-6-11(2-3-12(16)8-18)10-20-15-5-4-14(17)7-13(15)9-19/h2-7,20H,10H2,1H3. The third kappa shape index (κ3) is 3.53. The van der Waals surface area contributed by atoms with E-state index in [0.29, 0.717) is 23.4 Å². The maximum absolute atomic E-state index is 9.12. The number of ether oxygens (including phenoxy) is 1. The molecule has 0 aliphatic carbocycles. The summed E-state index contributed by atoms with van der Waals surface area (Å²) in [5.41, 5.74) is 2.81. The first kappa shape index (κ1) is 14.9. The Morgan fingerprint density at radius 1 is 1.10 bits per heavy atom. The molecule has 0 amide bonds. The van der Waals surface area contributed by atoms with E-state index < -0.39 is 0 Å². The predicted octanol–water partition coefficient (Wildman–Crippen LogP) is 3.81. The summed E-state index contributed by atoms with van der Waals surface area (Å²) in [6.45, 7) is 0.540. The lowest BCUT2D eigenvalue weighted by Gasteiger charge is -2.10. The van der Waals surface area contributed by atoms with E-state index in [-0.39, 0.29) is 0 Å². The highest BCUT2D eigenvalue weighted by atomic mass is 79.9. The summed E-state index contributed by atoms with van der Waals surface area (Å²) in [6, 6.07) is 15.1. The second-order valence-electron chi connectivity index (χ2n) is 4.30. The van der Waals surface area contributed by atoms with Crippen molar-refractivity contribution in [1.29, 1.82) is 10.5 Å². The minimum Gasteiger partial charge on any atom is -0.495 e. The number of methoxy groups -OCH3 is 1. The van der Waals surface area contributed by atoms with E-state index in [1.165, 1.54) is 7.11 Å². The average molecular weight is 342 g/mol. The molecule has 4 nitrogen and oxygen atoms in total.